The first kappa shape index (κ1) is 10.8. The summed E-state index contributed by atoms with van der Waals surface area (Å²) in [6, 6.07) is 3.60. The number of hydrogen-bond donors (Lipinski definition) is 1. The van der Waals surface area contributed by atoms with E-state index >= 15 is 0 Å². The largest absolute Gasteiger partial charge is 0.348 e. The molecule has 0 aliphatic carbocycles. The lowest BCUT2D eigenvalue weighted by molar-refractivity contribution is 1.11. The van der Waals surface area contributed by atoms with Crippen molar-refractivity contribution in [1.82, 2.24) is 9.97 Å². The Labute approximate surface area is 102 Å². The van der Waals surface area contributed by atoms with Gasteiger partial charge in [-0.3, -0.25) is 0 Å². The minimum absolute atomic E-state index is 0.398. The van der Waals surface area contributed by atoms with Gasteiger partial charge < -0.3 is 4.98 Å². The number of nitrogens with one attached hydrogen (secondary N) is 1. The van der Waals surface area contributed by atoms with Crippen LogP contribution in [0, 0.1) is 0 Å². The molecule has 1 aromatic carbocycles. The van der Waals surface area contributed by atoms with E-state index in [0.717, 1.165) is 11.3 Å². The molecule has 1 heterocycles. The zero-order valence-corrected chi connectivity index (χ0v) is 9.87. The number of H-pyrrole nitrogens is 1. The Morgan fingerprint density at radius 2 is 1.93 bits per heavy atom. The van der Waals surface area contributed by atoms with Crippen molar-refractivity contribution < 1.29 is 0 Å². The number of hydrogen-bond acceptors (Lipinski definition) is 1. The van der Waals surface area contributed by atoms with Crippen LogP contribution in [-0.4, -0.2) is 9.97 Å². The SMILES string of the molecule is Clc1ccc(Cc2cnc[nH]2)c(Cl)c1Cl. The summed E-state index contributed by atoms with van der Waals surface area (Å²) in [7, 11) is 0. The highest BCUT2D eigenvalue weighted by Gasteiger charge is 2.09. The van der Waals surface area contributed by atoms with Gasteiger partial charge in [-0.1, -0.05) is 40.9 Å². The van der Waals surface area contributed by atoms with Gasteiger partial charge in [0.25, 0.3) is 0 Å². The lowest BCUT2D eigenvalue weighted by Gasteiger charge is -2.05. The number of imidazole rings is 1. The van der Waals surface area contributed by atoms with E-state index in [1.807, 2.05) is 6.07 Å². The summed E-state index contributed by atoms with van der Waals surface area (Å²) in [4.78, 5) is 6.93. The smallest absolute Gasteiger partial charge is 0.0921 e. The van der Waals surface area contributed by atoms with Crippen molar-refractivity contribution in [3.8, 4) is 0 Å². The molecular weight excluding hydrogens is 254 g/mol. The van der Waals surface area contributed by atoms with Gasteiger partial charge in [-0.2, -0.15) is 0 Å². The van der Waals surface area contributed by atoms with E-state index in [2.05, 4.69) is 9.97 Å². The molecule has 0 saturated carbocycles. The number of halogens is 3. The third kappa shape index (κ3) is 2.28. The molecule has 0 radical (unpaired) electrons. The monoisotopic (exact) mass is 260 g/mol. The van der Waals surface area contributed by atoms with Gasteiger partial charge in [-0.25, -0.2) is 4.98 Å². The van der Waals surface area contributed by atoms with Crippen LogP contribution in [0.2, 0.25) is 15.1 Å². The Morgan fingerprint density at radius 1 is 1.13 bits per heavy atom. The van der Waals surface area contributed by atoms with Gasteiger partial charge in [0.2, 0.25) is 0 Å². The molecule has 1 N–H and O–H groups in total. The topological polar surface area (TPSA) is 28.7 Å². The molecule has 0 bridgehead atoms. The third-order valence-electron chi connectivity index (χ3n) is 2.05. The van der Waals surface area contributed by atoms with Crippen LogP contribution < -0.4 is 0 Å². The average molecular weight is 262 g/mol. The van der Waals surface area contributed by atoms with Crippen molar-refractivity contribution in [1.29, 1.82) is 0 Å². The Bertz CT molecular complexity index is 466. The molecule has 2 nitrogen and oxygen atoms in total. The Hall–Kier alpha value is -0.700. The molecule has 0 amide bonds. The molecule has 15 heavy (non-hydrogen) atoms. The highest BCUT2D eigenvalue weighted by Crippen LogP contribution is 2.33. The summed E-state index contributed by atoms with van der Waals surface area (Å²) in [5.74, 6) is 0. The van der Waals surface area contributed by atoms with Gasteiger partial charge in [-0.15, -0.1) is 0 Å². The fourth-order valence-electron chi connectivity index (χ4n) is 1.29. The van der Waals surface area contributed by atoms with Crippen LogP contribution in [0.15, 0.2) is 24.7 Å². The number of aromatic amines is 1. The maximum atomic E-state index is 6.06. The van der Waals surface area contributed by atoms with Crippen LogP contribution in [0.1, 0.15) is 11.3 Å². The molecule has 0 saturated heterocycles. The van der Waals surface area contributed by atoms with Gasteiger partial charge >= 0.3 is 0 Å². The first-order chi connectivity index (χ1) is 7.18. The standard InChI is InChI=1S/C10H7Cl3N2/c11-8-2-1-6(9(12)10(8)13)3-7-4-14-5-15-7/h1-2,4-5H,3H2,(H,14,15). The molecule has 0 unspecified atom stereocenters. The van der Waals surface area contributed by atoms with Gasteiger partial charge in [0.05, 0.1) is 21.4 Å². The number of rotatable bonds is 2. The zero-order chi connectivity index (χ0) is 10.8. The van der Waals surface area contributed by atoms with Crippen LogP contribution in [0.4, 0.5) is 0 Å². The van der Waals surface area contributed by atoms with Crippen molar-refractivity contribution in [2.75, 3.05) is 0 Å². The van der Waals surface area contributed by atoms with Crippen molar-refractivity contribution in [3.05, 3.63) is 51.0 Å². The van der Waals surface area contributed by atoms with Gasteiger partial charge in [-0.05, 0) is 11.6 Å². The molecule has 0 fully saturated rings. The third-order valence-corrected chi connectivity index (χ3v) is 3.38. The molecule has 0 aliphatic rings. The normalized spacial score (nSPS) is 10.6. The predicted molar refractivity (Wildman–Crippen MR) is 62.9 cm³/mol. The zero-order valence-electron chi connectivity index (χ0n) is 7.60. The van der Waals surface area contributed by atoms with Crippen LogP contribution in [-0.2, 0) is 6.42 Å². The van der Waals surface area contributed by atoms with E-state index in [9.17, 15) is 0 Å². The second kappa shape index (κ2) is 4.44. The van der Waals surface area contributed by atoms with Gasteiger partial charge in [0.15, 0.2) is 0 Å². The molecular formula is C10H7Cl3N2. The second-order valence-corrected chi connectivity index (χ2v) is 4.25. The van der Waals surface area contributed by atoms with Crippen molar-refractivity contribution in [3.63, 3.8) is 0 Å². The van der Waals surface area contributed by atoms with Crippen LogP contribution >= 0.6 is 34.8 Å². The summed E-state index contributed by atoms with van der Waals surface area (Å²) in [5, 5.41) is 1.36. The molecule has 0 atom stereocenters. The van der Waals surface area contributed by atoms with E-state index in [1.165, 1.54) is 0 Å². The molecule has 78 valence electrons. The fourth-order valence-corrected chi connectivity index (χ4v) is 1.91. The van der Waals surface area contributed by atoms with Crippen molar-refractivity contribution in [2.45, 2.75) is 6.42 Å². The highest BCUT2D eigenvalue weighted by atomic mass is 35.5. The fraction of sp³-hybridized carbons (Fsp3) is 0.100. The minimum Gasteiger partial charge on any atom is -0.348 e. The van der Waals surface area contributed by atoms with E-state index in [1.54, 1.807) is 18.6 Å². The van der Waals surface area contributed by atoms with E-state index in [-0.39, 0.29) is 0 Å². The van der Waals surface area contributed by atoms with E-state index in [0.29, 0.717) is 21.5 Å². The Morgan fingerprint density at radius 3 is 2.60 bits per heavy atom. The Kier molecular flexibility index (Phi) is 3.19. The molecule has 0 spiro atoms. The number of nitrogens with zero attached hydrogens (tertiary/aromatic N) is 1. The summed E-state index contributed by atoms with van der Waals surface area (Å²) in [5.41, 5.74) is 1.91. The molecule has 2 aromatic rings. The maximum Gasteiger partial charge on any atom is 0.0921 e. The maximum absolute atomic E-state index is 6.06. The average Bonchev–Trinajstić information content (AvgIpc) is 2.72. The Balaban J connectivity index is 2.34. The van der Waals surface area contributed by atoms with E-state index < -0.39 is 0 Å². The second-order valence-electron chi connectivity index (χ2n) is 3.09. The summed E-state index contributed by atoms with van der Waals surface area (Å²) < 4.78 is 0. The van der Waals surface area contributed by atoms with E-state index in [4.69, 9.17) is 34.8 Å². The first-order valence-electron chi connectivity index (χ1n) is 4.28. The summed E-state index contributed by atoms with van der Waals surface area (Å²) >= 11 is 17.8. The van der Waals surface area contributed by atoms with Crippen LogP contribution in [0.3, 0.4) is 0 Å². The number of aromatic nitrogens is 2. The minimum atomic E-state index is 0.398. The van der Waals surface area contributed by atoms with Crippen molar-refractivity contribution >= 4 is 34.8 Å². The van der Waals surface area contributed by atoms with Gasteiger partial charge in [0.1, 0.15) is 0 Å². The first-order valence-corrected chi connectivity index (χ1v) is 5.41. The van der Waals surface area contributed by atoms with Gasteiger partial charge in [0, 0.05) is 18.3 Å². The van der Waals surface area contributed by atoms with Crippen LogP contribution in [0.25, 0.3) is 0 Å². The summed E-state index contributed by atoms with van der Waals surface area (Å²) in [6.45, 7) is 0. The van der Waals surface area contributed by atoms with Crippen LogP contribution in [0.5, 0.6) is 0 Å². The molecule has 1 aromatic heterocycles. The number of benzene rings is 1. The predicted octanol–water partition coefficient (Wildman–Crippen LogP) is 3.96. The lowest BCUT2D eigenvalue weighted by atomic mass is 10.1. The highest BCUT2D eigenvalue weighted by molar-refractivity contribution is 6.48. The quantitative estimate of drug-likeness (QED) is 0.815. The van der Waals surface area contributed by atoms with Crippen molar-refractivity contribution in [2.24, 2.45) is 0 Å². The lowest BCUT2D eigenvalue weighted by Crippen LogP contribution is -1.90. The molecule has 5 heteroatoms. The summed E-state index contributed by atoms with van der Waals surface area (Å²) in [6.07, 6.45) is 4.04. The molecule has 2 rings (SSSR count). The molecule has 0 aliphatic heterocycles.